The van der Waals surface area contributed by atoms with Crippen molar-refractivity contribution in [2.75, 3.05) is 5.73 Å². The molecule has 0 fully saturated rings. The summed E-state index contributed by atoms with van der Waals surface area (Å²) in [4.78, 5) is 11.4. The molecule has 3 aromatic heterocycles. The lowest BCUT2D eigenvalue weighted by Crippen LogP contribution is -2.15. The minimum atomic E-state index is -0.594. The molecule has 1 aromatic carbocycles. The monoisotopic (exact) mass is 332 g/mol. The van der Waals surface area contributed by atoms with Crippen LogP contribution < -0.4 is 11.5 Å². The summed E-state index contributed by atoms with van der Waals surface area (Å²) >= 11 is 0. The molecule has 124 valence electrons. The zero-order chi connectivity index (χ0) is 17.6. The number of amides is 1. The van der Waals surface area contributed by atoms with Gasteiger partial charge in [0, 0.05) is 23.0 Å². The Bertz CT molecular complexity index is 1090. The van der Waals surface area contributed by atoms with Crippen molar-refractivity contribution in [3.05, 3.63) is 66.2 Å². The molecule has 0 saturated heterocycles. The average Bonchev–Trinajstić information content (AvgIpc) is 3.19. The molecular weight excluding hydrogens is 316 g/mol. The first-order valence-corrected chi connectivity index (χ1v) is 7.73. The maximum Gasteiger partial charge on any atom is 0.252 e. The molecule has 0 atom stereocenters. The van der Waals surface area contributed by atoms with E-state index in [1.807, 2.05) is 60.4 Å². The third-order valence-electron chi connectivity index (χ3n) is 4.26. The van der Waals surface area contributed by atoms with Crippen LogP contribution in [0.1, 0.15) is 16.1 Å². The Morgan fingerprint density at radius 3 is 2.60 bits per heavy atom. The van der Waals surface area contributed by atoms with E-state index in [0.717, 1.165) is 22.5 Å². The Hall–Kier alpha value is -3.61. The number of primary amides is 1. The molecular formula is C18H16N6O. The lowest BCUT2D eigenvalue weighted by atomic mass is 10.1. The van der Waals surface area contributed by atoms with Gasteiger partial charge in [-0.25, -0.2) is 9.20 Å². The van der Waals surface area contributed by atoms with Gasteiger partial charge in [-0.1, -0.05) is 18.2 Å². The van der Waals surface area contributed by atoms with Crippen LogP contribution in [-0.4, -0.2) is 25.3 Å². The summed E-state index contributed by atoms with van der Waals surface area (Å²) in [5.74, 6) is -0.594. The molecule has 7 heteroatoms. The lowest BCUT2D eigenvalue weighted by Gasteiger charge is -2.04. The Morgan fingerprint density at radius 2 is 1.88 bits per heavy atom. The highest BCUT2D eigenvalue weighted by Crippen LogP contribution is 2.29. The highest BCUT2D eigenvalue weighted by atomic mass is 16.1. The first-order chi connectivity index (χ1) is 12.1. The Kier molecular flexibility index (Phi) is 3.28. The van der Waals surface area contributed by atoms with Gasteiger partial charge in [0.1, 0.15) is 0 Å². The number of anilines is 1. The Balaban J connectivity index is 1.85. The normalized spacial score (nSPS) is 11.1. The second-order valence-corrected chi connectivity index (χ2v) is 5.79. The van der Waals surface area contributed by atoms with Gasteiger partial charge in [-0.15, -0.1) is 0 Å². The van der Waals surface area contributed by atoms with E-state index in [0.29, 0.717) is 11.2 Å². The predicted octanol–water partition coefficient (Wildman–Crippen LogP) is 2.18. The minimum absolute atomic E-state index is 0.217. The number of para-hydroxylation sites is 1. The van der Waals surface area contributed by atoms with Crippen molar-refractivity contribution < 1.29 is 4.79 Å². The van der Waals surface area contributed by atoms with Crippen LogP contribution >= 0.6 is 0 Å². The van der Waals surface area contributed by atoms with E-state index in [-0.39, 0.29) is 5.56 Å². The highest BCUT2D eigenvalue weighted by Gasteiger charge is 2.15. The van der Waals surface area contributed by atoms with Gasteiger partial charge in [0.2, 0.25) is 0 Å². The summed E-state index contributed by atoms with van der Waals surface area (Å²) in [7, 11) is 0. The highest BCUT2D eigenvalue weighted by molar-refractivity contribution is 6.01. The fraction of sp³-hybridized carbons (Fsp3) is 0.0556. The van der Waals surface area contributed by atoms with Crippen LogP contribution in [0.4, 0.5) is 5.69 Å². The summed E-state index contributed by atoms with van der Waals surface area (Å²) < 4.78 is 3.51. The van der Waals surface area contributed by atoms with Crippen LogP contribution in [-0.2, 0) is 0 Å². The summed E-state index contributed by atoms with van der Waals surface area (Å²) in [6.45, 7) is 2.00. The molecule has 0 aliphatic rings. The van der Waals surface area contributed by atoms with Crippen molar-refractivity contribution in [3.8, 4) is 16.8 Å². The van der Waals surface area contributed by atoms with Gasteiger partial charge in [0.15, 0.2) is 0 Å². The number of nitrogen functional groups attached to an aromatic ring is 1. The second kappa shape index (κ2) is 5.48. The van der Waals surface area contributed by atoms with E-state index in [9.17, 15) is 4.79 Å². The van der Waals surface area contributed by atoms with Crippen LogP contribution in [0.25, 0.3) is 22.3 Å². The number of aromatic nitrogens is 4. The van der Waals surface area contributed by atoms with E-state index < -0.39 is 5.91 Å². The Labute approximate surface area is 143 Å². The number of benzene rings is 1. The first kappa shape index (κ1) is 14.9. The van der Waals surface area contributed by atoms with E-state index in [2.05, 4.69) is 10.2 Å². The molecule has 0 unspecified atom stereocenters. The van der Waals surface area contributed by atoms with Gasteiger partial charge in [-0.3, -0.25) is 4.79 Å². The van der Waals surface area contributed by atoms with Crippen LogP contribution in [0, 0.1) is 6.92 Å². The van der Waals surface area contributed by atoms with Gasteiger partial charge in [-0.2, -0.15) is 10.2 Å². The van der Waals surface area contributed by atoms with Gasteiger partial charge in [-0.05, 0) is 25.1 Å². The summed E-state index contributed by atoms with van der Waals surface area (Å²) in [6.07, 6.45) is 5.05. The number of rotatable bonds is 3. The molecule has 4 aromatic rings. The number of hydrogen-bond acceptors (Lipinski definition) is 4. The molecule has 1 amide bonds. The quantitative estimate of drug-likeness (QED) is 0.600. The van der Waals surface area contributed by atoms with E-state index in [1.165, 1.54) is 6.20 Å². The van der Waals surface area contributed by atoms with E-state index in [4.69, 9.17) is 11.5 Å². The zero-order valence-electron chi connectivity index (χ0n) is 13.5. The van der Waals surface area contributed by atoms with Gasteiger partial charge in [0.25, 0.3) is 5.91 Å². The zero-order valence-corrected chi connectivity index (χ0v) is 13.5. The summed E-state index contributed by atoms with van der Waals surface area (Å²) in [6, 6.07) is 11.8. The minimum Gasteiger partial charge on any atom is -0.396 e. The third kappa shape index (κ3) is 2.33. The SMILES string of the molecule is Cc1c(-c2cc3c(N)c(C(N)=O)cnn3c2)cnn1-c1ccccc1. The molecule has 0 saturated carbocycles. The molecule has 7 nitrogen and oxygen atoms in total. The fourth-order valence-electron chi connectivity index (χ4n) is 2.94. The number of fused-ring (bicyclic) bond motifs is 1. The largest absolute Gasteiger partial charge is 0.396 e. The van der Waals surface area contributed by atoms with Gasteiger partial charge >= 0.3 is 0 Å². The van der Waals surface area contributed by atoms with Gasteiger partial charge < -0.3 is 11.5 Å². The van der Waals surface area contributed by atoms with Crippen molar-refractivity contribution in [1.29, 1.82) is 0 Å². The molecule has 0 aliphatic heterocycles. The molecule has 25 heavy (non-hydrogen) atoms. The molecule has 4 rings (SSSR count). The average molecular weight is 332 g/mol. The molecule has 0 radical (unpaired) electrons. The number of nitrogens with two attached hydrogens (primary N) is 2. The summed E-state index contributed by atoms with van der Waals surface area (Å²) in [5.41, 5.74) is 16.4. The van der Waals surface area contributed by atoms with Crippen LogP contribution in [0.15, 0.2) is 55.0 Å². The fourth-order valence-corrected chi connectivity index (χ4v) is 2.94. The standard InChI is InChI=1S/C18H16N6O/c1-11-14(8-22-24(11)13-5-3-2-4-6-13)12-7-16-17(19)15(18(20)25)9-21-23(16)10-12/h2-10H,19H2,1H3,(H2,20,25). The maximum atomic E-state index is 11.4. The van der Waals surface area contributed by atoms with Crippen molar-refractivity contribution in [1.82, 2.24) is 19.4 Å². The molecule has 0 aliphatic carbocycles. The summed E-state index contributed by atoms with van der Waals surface area (Å²) in [5, 5.41) is 8.70. The number of carbonyl (C=O) groups is 1. The third-order valence-corrected chi connectivity index (χ3v) is 4.26. The molecule has 0 spiro atoms. The predicted molar refractivity (Wildman–Crippen MR) is 95.4 cm³/mol. The van der Waals surface area contributed by atoms with E-state index in [1.54, 1.807) is 4.52 Å². The van der Waals surface area contributed by atoms with Crippen molar-refractivity contribution in [2.24, 2.45) is 5.73 Å². The first-order valence-electron chi connectivity index (χ1n) is 7.73. The Morgan fingerprint density at radius 1 is 1.12 bits per heavy atom. The van der Waals surface area contributed by atoms with Crippen LogP contribution in [0.3, 0.4) is 0 Å². The topological polar surface area (TPSA) is 104 Å². The molecule has 0 bridgehead atoms. The molecule has 4 N–H and O–H groups in total. The number of carbonyl (C=O) groups excluding carboxylic acids is 1. The van der Waals surface area contributed by atoms with Gasteiger partial charge in [0.05, 0.1) is 34.8 Å². The van der Waals surface area contributed by atoms with Crippen molar-refractivity contribution >= 4 is 17.1 Å². The van der Waals surface area contributed by atoms with Crippen LogP contribution in [0.5, 0.6) is 0 Å². The maximum absolute atomic E-state index is 11.4. The van der Waals surface area contributed by atoms with E-state index >= 15 is 0 Å². The smallest absolute Gasteiger partial charge is 0.252 e. The van der Waals surface area contributed by atoms with Crippen molar-refractivity contribution in [3.63, 3.8) is 0 Å². The van der Waals surface area contributed by atoms with Crippen LogP contribution in [0.2, 0.25) is 0 Å². The number of hydrogen-bond donors (Lipinski definition) is 2. The lowest BCUT2D eigenvalue weighted by molar-refractivity contribution is 0.100. The van der Waals surface area contributed by atoms with Crippen molar-refractivity contribution in [2.45, 2.75) is 6.92 Å². The molecule has 3 heterocycles. The number of nitrogens with zero attached hydrogens (tertiary/aromatic N) is 4. The second-order valence-electron chi connectivity index (χ2n) is 5.79.